The molecule has 0 fully saturated rings. The topological polar surface area (TPSA) is 73.0 Å². The Balaban J connectivity index is 2.32. The van der Waals surface area contributed by atoms with Crippen LogP contribution in [0.4, 0.5) is 5.69 Å². The van der Waals surface area contributed by atoms with Crippen molar-refractivity contribution in [1.82, 2.24) is 9.55 Å². The number of aromatic amines is 1. The van der Waals surface area contributed by atoms with Crippen LogP contribution in [0.1, 0.15) is 0 Å². The zero-order valence-electron chi connectivity index (χ0n) is 10.4. The predicted octanol–water partition coefficient (Wildman–Crippen LogP) is 1.91. The molecule has 0 radical (unpaired) electrons. The highest BCUT2D eigenvalue weighted by Gasteiger charge is 2.09. The van der Waals surface area contributed by atoms with Crippen molar-refractivity contribution in [2.45, 2.75) is 0 Å². The predicted molar refractivity (Wildman–Crippen MR) is 74.9 cm³/mol. The number of benzene rings is 2. The second-order valence-electron chi connectivity index (χ2n) is 4.24. The van der Waals surface area contributed by atoms with Crippen LogP contribution in [0.2, 0.25) is 0 Å². The average molecular weight is 255 g/mol. The monoisotopic (exact) mass is 255 g/mol. The molecule has 5 heteroatoms. The molecule has 0 saturated heterocycles. The molecule has 1 aromatic heterocycles. The highest BCUT2D eigenvalue weighted by molar-refractivity contribution is 5.80. The molecule has 3 rings (SSSR count). The van der Waals surface area contributed by atoms with Crippen molar-refractivity contribution in [3.63, 3.8) is 0 Å². The van der Waals surface area contributed by atoms with Gasteiger partial charge in [0.1, 0.15) is 5.75 Å². The van der Waals surface area contributed by atoms with Gasteiger partial charge in [0.15, 0.2) is 0 Å². The molecule has 19 heavy (non-hydrogen) atoms. The fourth-order valence-electron chi connectivity index (χ4n) is 2.13. The molecule has 0 atom stereocenters. The molecule has 5 nitrogen and oxygen atoms in total. The summed E-state index contributed by atoms with van der Waals surface area (Å²) in [7, 11) is 1.59. The lowest BCUT2D eigenvalue weighted by molar-refractivity contribution is 0.414. The van der Waals surface area contributed by atoms with Crippen LogP contribution in [0.3, 0.4) is 0 Å². The van der Waals surface area contributed by atoms with Gasteiger partial charge in [0, 0.05) is 11.8 Å². The number of ether oxygens (including phenoxy) is 1. The Morgan fingerprint density at radius 3 is 2.84 bits per heavy atom. The minimum Gasteiger partial charge on any atom is -0.497 e. The van der Waals surface area contributed by atoms with Crippen molar-refractivity contribution < 1.29 is 4.74 Å². The number of rotatable bonds is 2. The molecule has 1 heterocycles. The highest BCUT2D eigenvalue weighted by Crippen LogP contribution is 2.21. The maximum absolute atomic E-state index is 12.1. The van der Waals surface area contributed by atoms with E-state index in [4.69, 9.17) is 10.5 Å². The Morgan fingerprint density at radius 1 is 1.21 bits per heavy atom. The normalized spacial score (nSPS) is 10.8. The Morgan fingerprint density at radius 2 is 2.05 bits per heavy atom. The molecular weight excluding hydrogens is 242 g/mol. The number of methoxy groups -OCH3 is 1. The fraction of sp³-hybridized carbons (Fsp3) is 0.0714. The van der Waals surface area contributed by atoms with Crippen LogP contribution < -0.4 is 16.2 Å². The van der Waals surface area contributed by atoms with E-state index in [1.54, 1.807) is 35.9 Å². The standard InChI is InChI=1S/C14H13N3O2/c1-19-11-4-2-3-10(8-11)17-13-7-9(15)5-6-12(13)16-14(17)18/h2-8H,15H2,1H3,(H,16,18). The van der Waals surface area contributed by atoms with E-state index in [1.807, 2.05) is 18.2 Å². The summed E-state index contributed by atoms with van der Waals surface area (Å²) >= 11 is 0. The van der Waals surface area contributed by atoms with Gasteiger partial charge in [-0.3, -0.25) is 4.57 Å². The van der Waals surface area contributed by atoms with E-state index in [2.05, 4.69) is 4.98 Å². The first kappa shape index (κ1) is 11.4. The van der Waals surface area contributed by atoms with E-state index in [9.17, 15) is 4.79 Å². The number of H-pyrrole nitrogens is 1. The maximum Gasteiger partial charge on any atom is 0.331 e. The van der Waals surface area contributed by atoms with Crippen LogP contribution in [0, 0.1) is 0 Å². The molecule has 0 aliphatic heterocycles. The number of imidazole rings is 1. The van der Waals surface area contributed by atoms with Crippen molar-refractivity contribution >= 4 is 16.7 Å². The number of nitrogens with zero attached hydrogens (tertiary/aromatic N) is 1. The Bertz CT molecular complexity index is 802. The molecule has 0 amide bonds. The zero-order chi connectivity index (χ0) is 13.4. The summed E-state index contributed by atoms with van der Waals surface area (Å²) in [5.74, 6) is 0.697. The van der Waals surface area contributed by atoms with Gasteiger partial charge in [0.2, 0.25) is 0 Å². The van der Waals surface area contributed by atoms with Crippen LogP contribution in [0.25, 0.3) is 16.7 Å². The fourth-order valence-corrected chi connectivity index (χ4v) is 2.13. The molecule has 0 bridgehead atoms. The largest absolute Gasteiger partial charge is 0.497 e. The summed E-state index contributed by atoms with van der Waals surface area (Å²) in [5.41, 5.74) is 8.43. The van der Waals surface area contributed by atoms with E-state index < -0.39 is 0 Å². The van der Waals surface area contributed by atoms with E-state index >= 15 is 0 Å². The lowest BCUT2D eigenvalue weighted by Crippen LogP contribution is -2.14. The van der Waals surface area contributed by atoms with Crippen LogP contribution in [0.5, 0.6) is 5.75 Å². The molecule has 3 aromatic rings. The second-order valence-corrected chi connectivity index (χ2v) is 4.24. The molecule has 0 saturated carbocycles. The Kier molecular flexibility index (Phi) is 2.52. The van der Waals surface area contributed by atoms with E-state index in [-0.39, 0.29) is 5.69 Å². The third-order valence-corrected chi connectivity index (χ3v) is 3.02. The Labute approximate surface area is 109 Å². The minimum atomic E-state index is -0.200. The summed E-state index contributed by atoms with van der Waals surface area (Å²) in [5, 5.41) is 0. The maximum atomic E-state index is 12.1. The van der Waals surface area contributed by atoms with E-state index in [0.717, 1.165) is 16.7 Å². The van der Waals surface area contributed by atoms with Crippen LogP contribution in [0.15, 0.2) is 47.3 Å². The summed E-state index contributed by atoms with van der Waals surface area (Å²) < 4.78 is 6.76. The Hall–Kier alpha value is -2.69. The molecule has 3 N–H and O–H groups in total. The molecule has 96 valence electrons. The van der Waals surface area contributed by atoms with Gasteiger partial charge >= 0.3 is 5.69 Å². The number of aromatic nitrogens is 2. The molecule has 2 aromatic carbocycles. The van der Waals surface area contributed by atoms with Gasteiger partial charge in [-0.05, 0) is 30.3 Å². The van der Waals surface area contributed by atoms with E-state index in [1.165, 1.54) is 0 Å². The minimum absolute atomic E-state index is 0.200. The molecule has 0 unspecified atom stereocenters. The number of hydrogen-bond acceptors (Lipinski definition) is 3. The van der Waals surface area contributed by atoms with Gasteiger partial charge in [-0.25, -0.2) is 4.79 Å². The second kappa shape index (κ2) is 4.20. The summed E-state index contributed by atoms with van der Waals surface area (Å²) in [6.07, 6.45) is 0. The summed E-state index contributed by atoms with van der Waals surface area (Å²) in [6, 6.07) is 12.6. The summed E-state index contributed by atoms with van der Waals surface area (Å²) in [6.45, 7) is 0. The van der Waals surface area contributed by atoms with Crippen LogP contribution in [-0.4, -0.2) is 16.7 Å². The van der Waals surface area contributed by atoms with Gasteiger partial charge in [-0.2, -0.15) is 0 Å². The van der Waals surface area contributed by atoms with Crippen molar-refractivity contribution in [2.24, 2.45) is 0 Å². The highest BCUT2D eigenvalue weighted by atomic mass is 16.5. The van der Waals surface area contributed by atoms with Gasteiger partial charge in [-0.1, -0.05) is 6.07 Å². The first-order valence-corrected chi connectivity index (χ1v) is 5.84. The molecule has 0 aliphatic carbocycles. The average Bonchev–Trinajstić information content (AvgIpc) is 2.74. The van der Waals surface area contributed by atoms with Crippen molar-refractivity contribution in [2.75, 3.05) is 12.8 Å². The third kappa shape index (κ3) is 1.85. The lowest BCUT2D eigenvalue weighted by atomic mass is 10.2. The smallest absolute Gasteiger partial charge is 0.331 e. The van der Waals surface area contributed by atoms with Crippen LogP contribution in [-0.2, 0) is 0 Å². The number of nitrogens with two attached hydrogens (primary N) is 1. The van der Waals surface area contributed by atoms with E-state index in [0.29, 0.717) is 11.4 Å². The van der Waals surface area contributed by atoms with Crippen molar-refractivity contribution in [1.29, 1.82) is 0 Å². The molecule has 0 spiro atoms. The number of anilines is 1. The number of nitrogens with one attached hydrogen (secondary N) is 1. The third-order valence-electron chi connectivity index (χ3n) is 3.02. The van der Waals surface area contributed by atoms with Gasteiger partial charge in [-0.15, -0.1) is 0 Å². The number of fused-ring (bicyclic) bond motifs is 1. The molecule has 0 aliphatic rings. The lowest BCUT2D eigenvalue weighted by Gasteiger charge is -2.06. The van der Waals surface area contributed by atoms with Crippen LogP contribution >= 0.6 is 0 Å². The number of hydrogen-bond donors (Lipinski definition) is 2. The molecular formula is C14H13N3O2. The SMILES string of the molecule is COc1cccc(-n2c(=O)[nH]c3ccc(N)cc32)c1. The van der Waals surface area contributed by atoms with Crippen molar-refractivity contribution in [3.05, 3.63) is 52.9 Å². The van der Waals surface area contributed by atoms with Gasteiger partial charge < -0.3 is 15.5 Å². The zero-order valence-corrected chi connectivity index (χ0v) is 10.4. The first-order valence-electron chi connectivity index (χ1n) is 5.84. The number of nitrogen functional groups attached to an aromatic ring is 1. The summed E-state index contributed by atoms with van der Waals surface area (Å²) in [4.78, 5) is 14.9. The van der Waals surface area contributed by atoms with Gasteiger partial charge in [0.05, 0.1) is 23.8 Å². The quantitative estimate of drug-likeness (QED) is 0.687. The van der Waals surface area contributed by atoms with Gasteiger partial charge in [0.25, 0.3) is 0 Å². The van der Waals surface area contributed by atoms with Crippen molar-refractivity contribution in [3.8, 4) is 11.4 Å². The first-order chi connectivity index (χ1) is 9.19.